The Morgan fingerprint density at radius 1 is 1.38 bits per heavy atom. The molecule has 16 heavy (non-hydrogen) atoms. The van der Waals surface area contributed by atoms with Crippen LogP contribution in [-0.4, -0.2) is 12.5 Å². The molecule has 0 heterocycles. The van der Waals surface area contributed by atoms with Gasteiger partial charge in [-0.25, -0.2) is 0 Å². The van der Waals surface area contributed by atoms with Crippen molar-refractivity contribution in [1.82, 2.24) is 0 Å². The minimum absolute atomic E-state index is 0.106. The lowest BCUT2D eigenvalue weighted by Gasteiger charge is -2.24. The summed E-state index contributed by atoms with van der Waals surface area (Å²) in [6.45, 7) is 7.08. The van der Waals surface area contributed by atoms with E-state index in [4.69, 9.17) is 16.3 Å². The van der Waals surface area contributed by atoms with Crippen LogP contribution in [0.2, 0.25) is 0 Å². The van der Waals surface area contributed by atoms with Gasteiger partial charge in [0.05, 0.1) is 11.1 Å². The average molecular weight is 306 g/mol. The molecule has 0 spiro atoms. The van der Waals surface area contributed by atoms with Crippen molar-refractivity contribution in [2.24, 2.45) is 0 Å². The maximum Gasteiger partial charge on any atom is 0.133 e. The molecule has 1 aromatic carbocycles. The third kappa shape index (κ3) is 3.39. The SMILES string of the molecule is CCOc1ccc(C(C)(C)CCCl)cc1Br. The van der Waals surface area contributed by atoms with Gasteiger partial charge in [0.2, 0.25) is 0 Å². The molecule has 90 valence electrons. The summed E-state index contributed by atoms with van der Waals surface area (Å²) >= 11 is 9.35. The number of alkyl halides is 1. The van der Waals surface area contributed by atoms with Crippen LogP contribution in [-0.2, 0) is 5.41 Å². The van der Waals surface area contributed by atoms with Crippen LogP contribution in [0.5, 0.6) is 5.75 Å². The molecule has 0 aliphatic carbocycles. The largest absolute Gasteiger partial charge is 0.493 e. The van der Waals surface area contributed by atoms with Crippen molar-refractivity contribution >= 4 is 27.5 Å². The predicted molar refractivity (Wildman–Crippen MR) is 73.7 cm³/mol. The van der Waals surface area contributed by atoms with E-state index in [0.29, 0.717) is 12.5 Å². The predicted octanol–water partition coefficient (Wildman–Crippen LogP) is 4.75. The normalized spacial score (nSPS) is 11.6. The van der Waals surface area contributed by atoms with Crippen LogP contribution in [0.4, 0.5) is 0 Å². The number of benzene rings is 1. The summed E-state index contributed by atoms with van der Waals surface area (Å²) in [5.41, 5.74) is 1.39. The van der Waals surface area contributed by atoms with Crippen LogP contribution in [0, 0.1) is 0 Å². The summed E-state index contributed by atoms with van der Waals surface area (Å²) in [6, 6.07) is 6.25. The minimum atomic E-state index is 0.106. The van der Waals surface area contributed by atoms with Crippen molar-refractivity contribution in [3.8, 4) is 5.75 Å². The first-order valence-electron chi connectivity index (χ1n) is 5.50. The van der Waals surface area contributed by atoms with Crippen molar-refractivity contribution in [3.63, 3.8) is 0 Å². The van der Waals surface area contributed by atoms with Gasteiger partial charge in [0.1, 0.15) is 5.75 Å². The second-order valence-corrected chi connectivity index (χ2v) is 5.63. The van der Waals surface area contributed by atoms with Crippen LogP contribution in [0.15, 0.2) is 22.7 Å². The molecule has 0 amide bonds. The van der Waals surface area contributed by atoms with Crippen LogP contribution in [0.1, 0.15) is 32.8 Å². The first-order valence-corrected chi connectivity index (χ1v) is 6.83. The molecule has 0 atom stereocenters. The lowest BCUT2D eigenvalue weighted by Crippen LogP contribution is -2.17. The van der Waals surface area contributed by atoms with E-state index >= 15 is 0 Å². The van der Waals surface area contributed by atoms with Gasteiger partial charge in [-0.15, -0.1) is 11.6 Å². The first kappa shape index (κ1) is 13.9. The Morgan fingerprint density at radius 2 is 2.06 bits per heavy atom. The zero-order valence-electron chi connectivity index (χ0n) is 10.0. The van der Waals surface area contributed by atoms with E-state index in [-0.39, 0.29) is 5.41 Å². The van der Waals surface area contributed by atoms with Gasteiger partial charge in [-0.2, -0.15) is 0 Å². The summed E-state index contributed by atoms with van der Waals surface area (Å²) < 4.78 is 6.50. The summed E-state index contributed by atoms with van der Waals surface area (Å²) in [7, 11) is 0. The van der Waals surface area contributed by atoms with E-state index in [9.17, 15) is 0 Å². The molecule has 0 fully saturated rings. The van der Waals surface area contributed by atoms with E-state index < -0.39 is 0 Å². The molecular weight excluding hydrogens is 287 g/mol. The molecule has 0 aliphatic heterocycles. The Hall–Kier alpha value is -0.210. The van der Waals surface area contributed by atoms with Crippen LogP contribution < -0.4 is 4.74 Å². The third-order valence-corrected chi connectivity index (χ3v) is 3.54. The van der Waals surface area contributed by atoms with Crippen molar-refractivity contribution in [2.45, 2.75) is 32.6 Å². The molecular formula is C13H18BrClO. The fraction of sp³-hybridized carbons (Fsp3) is 0.538. The van der Waals surface area contributed by atoms with E-state index in [1.54, 1.807) is 0 Å². The fourth-order valence-electron chi connectivity index (χ4n) is 1.57. The molecule has 0 saturated carbocycles. The van der Waals surface area contributed by atoms with Gasteiger partial charge in [-0.05, 0) is 52.4 Å². The molecule has 1 aromatic rings. The zero-order valence-corrected chi connectivity index (χ0v) is 12.4. The summed E-state index contributed by atoms with van der Waals surface area (Å²) in [6.07, 6.45) is 0.967. The van der Waals surface area contributed by atoms with Crippen molar-refractivity contribution in [2.75, 3.05) is 12.5 Å². The molecule has 3 heteroatoms. The summed E-state index contributed by atoms with van der Waals surface area (Å²) in [5.74, 6) is 1.57. The van der Waals surface area contributed by atoms with Crippen LogP contribution >= 0.6 is 27.5 Å². The molecule has 0 saturated heterocycles. The lowest BCUT2D eigenvalue weighted by atomic mass is 9.82. The topological polar surface area (TPSA) is 9.23 Å². The number of halogens is 2. The van der Waals surface area contributed by atoms with E-state index in [0.717, 1.165) is 16.6 Å². The Kier molecular flexibility index (Phi) is 5.13. The second kappa shape index (κ2) is 5.92. The molecule has 1 rings (SSSR count). The van der Waals surface area contributed by atoms with Crippen molar-refractivity contribution in [1.29, 1.82) is 0 Å². The van der Waals surface area contributed by atoms with Gasteiger partial charge < -0.3 is 4.74 Å². The first-order chi connectivity index (χ1) is 7.51. The van der Waals surface area contributed by atoms with Gasteiger partial charge in [0.15, 0.2) is 0 Å². The highest BCUT2D eigenvalue weighted by Gasteiger charge is 2.20. The monoisotopic (exact) mass is 304 g/mol. The molecule has 0 aromatic heterocycles. The molecule has 0 bridgehead atoms. The molecule has 0 radical (unpaired) electrons. The van der Waals surface area contributed by atoms with Crippen LogP contribution in [0.25, 0.3) is 0 Å². The van der Waals surface area contributed by atoms with Gasteiger partial charge in [0, 0.05) is 5.88 Å². The van der Waals surface area contributed by atoms with Gasteiger partial charge in [-0.1, -0.05) is 19.9 Å². The van der Waals surface area contributed by atoms with E-state index in [2.05, 4.69) is 41.9 Å². The Labute approximate surface area is 111 Å². The number of rotatable bonds is 5. The van der Waals surface area contributed by atoms with E-state index in [1.807, 2.05) is 13.0 Å². The number of hydrogen-bond donors (Lipinski definition) is 0. The highest BCUT2D eigenvalue weighted by Crippen LogP contribution is 2.33. The number of ether oxygens (including phenoxy) is 1. The zero-order chi connectivity index (χ0) is 12.2. The van der Waals surface area contributed by atoms with Crippen LogP contribution in [0.3, 0.4) is 0 Å². The third-order valence-electron chi connectivity index (χ3n) is 2.73. The van der Waals surface area contributed by atoms with Crippen molar-refractivity contribution in [3.05, 3.63) is 28.2 Å². The van der Waals surface area contributed by atoms with E-state index in [1.165, 1.54) is 5.56 Å². The molecule has 0 aliphatic rings. The molecule has 0 unspecified atom stereocenters. The average Bonchev–Trinajstić information content (AvgIpc) is 2.21. The van der Waals surface area contributed by atoms with Gasteiger partial charge in [-0.3, -0.25) is 0 Å². The maximum absolute atomic E-state index is 5.82. The fourth-order valence-corrected chi connectivity index (χ4v) is 2.54. The lowest BCUT2D eigenvalue weighted by molar-refractivity contribution is 0.337. The minimum Gasteiger partial charge on any atom is -0.493 e. The Bertz CT molecular complexity index is 350. The Balaban J connectivity index is 2.96. The summed E-state index contributed by atoms with van der Waals surface area (Å²) in [4.78, 5) is 0. The maximum atomic E-state index is 5.82. The summed E-state index contributed by atoms with van der Waals surface area (Å²) in [5, 5.41) is 0. The molecule has 0 N–H and O–H groups in total. The molecule has 1 nitrogen and oxygen atoms in total. The smallest absolute Gasteiger partial charge is 0.133 e. The standard InChI is InChI=1S/C13H18BrClO/c1-4-16-12-6-5-10(9-11(12)14)13(2,3)7-8-15/h5-6,9H,4,7-8H2,1-3H3. The van der Waals surface area contributed by atoms with Crippen molar-refractivity contribution < 1.29 is 4.74 Å². The van der Waals surface area contributed by atoms with Gasteiger partial charge in [0.25, 0.3) is 0 Å². The number of hydrogen-bond acceptors (Lipinski definition) is 1. The highest BCUT2D eigenvalue weighted by molar-refractivity contribution is 9.10. The Morgan fingerprint density at radius 3 is 2.56 bits per heavy atom. The van der Waals surface area contributed by atoms with Gasteiger partial charge >= 0.3 is 0 Å². The second-order valence-electron chi connectivity index (χ2n) is 4.40. The quantitative estimate of drug-likeness (QED) is 0.713. The highest BCUT2D eigenvalue weighted by atomic mass is 79.9.